The van der Waals surface area contributed by atoms with E-state index in [0.717, 1.165) is 5.56 Å². The number of allylic oxidation sites excluding steroid dienone is 1. The highest BCUT2D eigenvalue weighted by atomic mass is 35.5. The lowest BCUT2D eigenvalue weighted by Gasteiger charge is -2.26. The zero-order valence-corrected chi connectivity index (χ0v) is 15.5. The normalized spacial score (nSPS) is 17.2. The molecule has 126 valence electrons. The average molecular weight is 389 g/mol. The molecule has 2 aromatic carbocycles. The van der Waals surface area contributed by atoms with Crippen LogP contribution in [0.25, 0.3) is 0 Å². The standard InChI is InChI=1S/C19H14Cl2N2OS/c20-16-8-4-7-13(18(16)21)14-9-17(24)23-19(15(14)10-22)25-11-12-5-2-1-3-6-12/h1-8,14H,9,11H2,(H,23,24)/t14-/m0/s1. The van der Waals surface area contributed by atoms with E-state index in [1.54, 1.807) is 12.1 Å². The number of hydrogen-bond donors (Lipinski definition) is 1. The Labute approximate surface area is 160 Å². The maximum atomic E-state index is 12.2. The van der Waals surface area contributed by atoms with Crippen molar-refractivity contribution in [1.82, 2.24) is 5.32 Å². The Bertz CT molecular complexity index is 875. The summed E-state index contributed by atoms with van der Waals surface area (Å²) in [5.74, 6) is 0.149. The molecule has 0 saturated heterocycles. The van der Waals surface area contributed by atoms with Crippen LogP contribution in [-0.2, 0) is 10.5 Å². The minimum Gasteiger partial charge on any atom is -0.320 e. The molecule has 1 aliphatic heterocycles. The molecule has 0 unspecified atom stereocenters. The van der Waals surface area contributed by atoms with Crippen molar-refractivity contribution in [3.63, 3.8) is 0 Å². The van der Waals surface area contributed by atoms with Crippen LogP contribution >= 0.6 is 35.0 Å². The van der Waals surface area contributed by atoms with Gasteiger partial charge in [0.2, 0.25) is 5.91 Å². The molecule has 0 saturated carbocycles. The number of benzene rings is 2. The van der Waals surface area contributed by atoms with Crippen molar-refractivity contribution in [3.05, 3.63) is 80.3 Å². The molecule has 1 amide bonds. The van der Waals surface area contributed by atoms with Gasteiger partial charge in [0.25, 0.3) is 0 Å². The Morgan fingerprint density at radius 2 is 1.92 bits per heavy atom. The van der Waals surface area contributed by atoms with E-state index in [-0.39, 0.29) is 18.2 Å². The first-order valence-corrected chi connectivity index (χ1v) is 9.39. The fraction of sp³-hybridized carbons (Fsp3) is 0.158. The molecule has 6 heteroatoms. The van der Waals surface area contributed by atoms with Crippen molar-refractivity contribution in [3.8, 4) is 6.07 Å². The van der Waals surface area contributed by atoms with Gasteiger partial charge in [-0.3, -0.25) is 4.79 Å². The second-order valence-corrected chi connectivity index (χ2v) is 7.35. The molecule has 1 atom stereocenters. The topological polar surface area (TPSA) is 52.9 Å². The number of halogens is 2. The summed E-state index contributed by atoms with van der Waals surface area (Å²) >= 11 is 13.9. The van der Waals surface area contributed by atoms with Gasteiger partial charge in [-0.2, -0.15) is 5.26 Å². The van der Waals surface area contributed by atoms with Gasteiger partial charge >= 0.3 is 0 Å². The Balaban J connectivity index is 1.94. The molecule has 3 nitrogen and oxygen atoms in total. The summed E-state index contributed by atoms with van der Waals surface area (Å²) in [6, 6.07) is 17.4. The van der Waals surface area contributed by atoms with Crippen LogP contribution in [0.5, 0.6) is 0 Å². The molecule has 0 spiro atoms. The number of nitriles is 1. The SMILES string of the molecule is N#CC1=C(SCc2ccccc2)NC(=O)C[C@H]1c1cccc(Cl)c1Cl. The third-order valence-electron chi connectivity index (χ3n) is 3.94. The average Bonchev–Trinajstić information content (AvgIpc) is 2.62. The quantitative estimate of drug-likeness (QED) is 0.776. The van der Waals surface area contributed by atoms with E-state index in [1.165, 1.54) is 11.8 Å². The van der Waals surface area contributed by atoms with Crippen molar-refractivity contribution in [2.45, 2.75) is 18.1 Å². The maximum absolute atomic E-state index is 12.2. The molecule has 3 rings (SSSR count). The Morgan fingerprint density at radius 3 is 2.64 bits per heavy atom. The first-order valence-electron chi connectivity index (χ1n) is 7.65. The van der Waals surface area contributed by atoms with Crippen molar-refractivity contribution in [1.29, 1.82) is 5.26 Å². The molecule has 0 aromatic heterocycles. The van der Waals surface area contributed by atoms with Crippen LogP contribution in [0.1, 0.15) is 23.5 Å². The summed E-state index contributed by atoms with van der Waals surface area (Å²) in [5.41, 5.74) is 2.34. The van der Waals surface area contributed by atoms with Gasteiger partial charge in [-0.1, -0.05) is 65.7 Å². The smallest absolute Gasteiger partial charge is 0.225 e. The van der Waals surface area contributed by atoms with Gasteiger partial charge in [0.05, 0.1) is 26.7 Å². The number of thioether (sulfide) groups is 1. The second-order valence-electron chi connectivity index (χ2n) is 5.58. The van der Waals surface area contributed by atoms with Crippen LogP contribution in [0.15, 0.2) is 59.1 Å². The van der Waals surface area contributed by atoms with Crippen LogP contribution in [0.3, 0.4) is 0 Å². The monoisotopic (exact) mass is 388 g/mol. The molecular formula is C19H14Cl2N2OS. The minimum atomic E-state index is -0.386. The van der Waals surface area contributed by atoms with E-state index in [1.807, 2.05) is 36.4 Å². The summed E-state index contributed by atoms with van der Waals surface area (Å²) in [4.78, 5) is 12.2. The van der Waals surface area contributed by atoms with E-state index in [9.17, 15) is 10.1 Å². The lowest BCUT2D eigenvalue weighted by Crippen LogP contribution is -2.31. The first kappa shape index (κ1) is 17.9. The first-order chi connectivity index (χ1) is 12.1. The zero-order valence-electron chi connectivity index (χ0n) is 13.1. The molecule has 1 heterocycles. The molecule has 0 radical (unpaired) electrons. The molecule has 25 heavy (non-hydrogen) atoms. The highest BCUT2D eigenvalue weighted by molar-refractivity contribution is 8.02. The third kappa shape index (κ3) is 4.01. The predicted octanol–water partition coefficient (Wildman–Crippen LogP) is 5.27. The van der Waals surface area contributed by atoms with Crippen molar-refractivity contribution < 1.29 is 4.79 Å². The summed E-state index contributed by atoms with van der Waals surface area (Å²) in [6.45, 7) is 0. The molecule has 0 bridgehead atoms. The number of nitrogens with one attached hydrogen (secondary N) is 1. The van der Waals surface area contributed by atoms with Gasteiger partial charge in [0, 0.05) is 18.1 Å². The van der Waals surface area contributed by atoms with Gasteiger partial charge in [-0.15, -0.1) is 11.8 Å². The van der Waals surface area contributed by atoms with Gasteiger partial charge in [0.15, 0.2) is 0 Å². The van der Waals surface area contributed by atoms with Crippen molar-refractivity contribution in [2.24, 2.45) is 0 Å². The number of amides is 1. The number of nitrogens with zero attached hydrogens (tertiary/aromatic N) is 1. The number of carbonyl (C=O) groups excluding carboxylic acids is 1. The molecule has 0 aliphatic carbocycles. The zero-order chi connectivity index (χ0) is 17.8. The maximum Gasteiger partial charge on any atom is 0.225 e. The van der Waals surface area contributed by atoms with Gasteiger partial charge < -0.3 is 5.32 Å². The third-order valence-corrected chi connectivity index (χ3v) is 5.86. The molecule has 1 aliphatic rings. The van der Waals surface area contributed by atoms with Crippen LogP contribution in [0, 0.1) is 11.3 Å². The molecule has 1 N–H and O–H groups in total. The van der Waals surface area contributed by atoms with Crippen LogP contribution < -0.4 is 5.32 Å². The lowest BCUT2D eigenvalue weighted by molar-refractivity contribution is -0.120. The van der Waals surface area contributed by atoms with Gasteiger partial charge in [-0.05, 0) is 17.2 Å². The highest BCUT2D eigenvalue weighted by Crippen LogP contribution is 2.41. The lowest BCUT2D eigenvalue weighted by atomic mass is 9.87. The van der Waals surface area contributed by atoms with Crippen LogP contribution in [-0.4, -0.2) is 5.91 Å². The van der Waals surface area contributed by atoms with Crippen molar-refractivity contribution >= 4 is 40.9 Å². The largest absolute Gasteiger partial charge is 0.320 e. The van der Waals surface area contributed by atoms with Gasteiger partial charge in [0.1, 0.15) is 0 Å². The van der Waals surface area contributed by atoms with E-state index >= 15 is 0 Å². The fourth-order valence-corrected chi connectivity index (χ4v) is 4.19. The summed E-state index contributed by atoms with van der Waals surface area (Å²) in [6.07, 6.45) is 0.179. The van der Waals surface area contributed by atoms with Crippen molar-refractivity contribution in [2.75, 3.05) is 0 Å². The number of carbonyl (C=O) groups is 1. The molecule has 2 aromatic rings. The molecular weight excluding hydrogens is 375 g/mol. The minimum absolute atomic E-state index is 0.129. The number of rotatable bonds is 4. The summed E-state index contributed by atoms with van der Waals surface area (Å²) in [7, 11) is 0. The molecule has 0 fully saturated rings. The van der Waals surface area contributed by atoms with Crippen LogP contribution in [0.4, 0.5) is 0 Å². The number of hydrogen-bond acceptors (Lipinski definition) is 3. The van der Waals surface area contributed by atoms with Crippen LogP contribution in [0.2, 0.25) is 10.0 Å². The summed E-state index contributed by atoms with van der Waals surface area (Å²) in [5, 5.41) is 13.9. The summed E-state index contributed by atoms with van der Waals surface area (Å²) < 4.78 is 0. The predicted molar refractivity (Wildman–Crippen MR) is 102 cm³/mol. The van der Waals surface area contributed by atoms with E-state index < -0.39 is 0 Å². The second kappa shape index (κ2) is 7.97. The van der Waals surface area contributed by atoms with Gasteiger partial charge in [-0.25, -0.2) is 0 Å². The van der Waals surface area contributed by atoms with E-state index in [4.69, 9.17) is 23.2 Å². The Hall–Kier alpha value is -1.93. The van der Waals surface area contributed by atoms with E-state index in [0.29, 0.717) is 32.0 Å². The van der Waals surface area contributed by atoms with E-state index in [2.05, 4.69) is 11.4 Å². The fourth-order valence-electron chi connectivity index (χ4n) is 2.72. The Kier molecular flexibility index (Phi) is 5.70. The Morgan fingerprint density at radius 1 is 1.16 bits per heavy atom. The highest BCUT2D eigenvalue weighted by Gasteiger charge is 2.31.